The Kier molecular flexibility index (Phi) is 4.55. The van der Waals surface area contributed by atoms with E-state index in [-0.39, 0.29) is 5.69 Å². The predicted octanol–water partition coefficient (Wildman–Crippen LogP) is 2.37. The summed E-state index contributed by atoms with van der Waals surface area (Å²) in [5.74, 6) is 1.31. The number of benzene rings is 1. The van der Waals surface area contributed by atoms with Crippen molar-refractivity contribution in [3.63, 3.8) is 0 Å². The highest BCUT2D eigenvalue weighted by Crippen LogP contribution is 2.18. The summed E-state index contributed by atoms with van der Waals surface area (Å²) in [6.07, 6.45) is 1.23. The third kappa shape index (κ3) is 4.07. The molecule has 3 N–H and O–H groups in total. The van der Waals surface area contributed by atoms with E-state index < -0.39 is 4.92 Å². The van der Waals surface area contributed by atoms with E-state index >= 15 is 0 Å². The van der Waals surface area contributed by atoms with Crippen molar-refractivity contribution < 1.29 is 9.66 Å². The topological polar surface area (TPSA) is 103 Å². The standard InChI is InChI=1S/C14H16N4O3/c1-10-7-12(18(19)20)9-17-14(10)16-5-6-21-13-4-2-3-11(15)8-13/h2-4,7-9H,5-6,15H2,1H3,(H,16,17). The van der Waals surface area contributed by atoms with Crippen molar-refractivity contribution >= 4 is 17.2 Å². The summed E-state index contributed by atoms with van der Waals surface area (Å²) in [6.45, 7) is 2.73. The van der Waals surface area contributed by atoms with Gasteiger partial charge in [-0.1, -0.05) is 6.07 Å². The number of hydrogen-bond acceptors (Lipinski definition) is 6. The molecular formula is C14H16N4O3. The Morgan fingerprint density at radius 3 is 2.90 bits per heavy atom. The van der Waals surface area contributed by atoms with Gasteiger partial charge in [-0.2, -0.15) is 0 Å². The number of rotatable bonds is 6. The van der Waals surface area contributed by atoms with Crippen LogP contribution in [0.5, 0.6) is 5.75 Å². The number of anilines is 2. The Bertz CT molecular complexity index is 646. The Morgan fingerprint density at radius 1 is 1.43 bits per heavy atom. The molecule has 0 atom stereocenters. The molecule has 0 aliphatic heterocycles. The Balaban J connectivity index is 1.85. The molecule has 7 heteroatoms. The molecule has 1 heterocycles. The number of nitrogens with one attached hydrogen (secondary N) is 1. The minimum Gasteiger partial charge on any atom is -0.492 e. The van der Waals surface area contributed by atoms with Gasteiger partial charge >= 0.3 is 0 Å². The predicted molar refractivity (Wildman–Crippen MR) is 80.5 cm³/mol. The van der Waals surface area contributed by atoms with Crippen molar-refractivity contribution in [2.24, 2.45) is 0 Å². The van der Waals surface area contributed by atoms with Gasteiger partial charge in [0.25, 0.3) is 5.69 Å². The summed E-state index contributed by atoms with van der Waals surface area (Å²) in [4.78, 5) is 14.2. The average molecular weight is 288 g/mol. The first-order valence-corrected chi connectivity index (χ1v) is 6.39. The second kappa shape index (κ2) is 6.56. The van der Waals surface area contributed by atoms with Gasteiger partial charge in [0.2, 0.25) is 0 Å². The first-order chi connectivity index (χ1) is 10.1. The second-order valence-electron chi connectivity index (χ2n) is 4.46. The lowest BCUT2D eigenvalue weighted by molar-refractivity contribution is -0.385. The first kappa shape index (κ1) is 14.6. The summed E-state index contributed by atoms with van der Waals surface area (Å²) in [5.41, 5.74) is 6.99. The molecule has 110 valence electrons. The normalized spacial score (nSPS) is 10.1. The zero-order valence-electron chi connectivity index (χ0n) is 11.6. The molecule has 0 radical (unpaired) electrons. The number of aryl methyl sites for hydroxylation is 1. The van der Waals surface area contributed by atoms with Crippen LogP contribution in [0.3, 0.4) is 0 Å². The molecule has 1 aromatic heterocycles. The highest BCUT2D eigenvalue weighted by Gasteiger charge is 2.08. The maximum Gasteiger partial charge on any atom is 0.287 e. The summed E-state index contributed by atoms with van der Waals surface area (Å²) in [7, 11) is 0. The van der Waals surface area contributed by atoms with Crippen LogP contribution in [0.15, 0.2) is 36.5 Å². The minimum absolute atomic E-state index is 0.0194. The maximum absolute atomic E-state index is 10.6. The van der Waals surface area contributed by atoms with Crippen molar-refractivity contribution in [3.05, 3.63) is 52.2 Å². The van der Waals surface area contributed by atoms with Crippen molar-refractivity contribution in [1.29, 1.82) is 0 Å². The molecule has 0 saturated heterocycles. The molecule has 0 aliphatic rings. The highest BCUT2D eigenvalue weighted by molar-refractivity contribution is 5.48. The van der Waals surface area contributed by atoms with E-state index in [2.05, 4.69) is 10.3 Å². The van der Waals surface area contributed by atoms with Crippen molar-refractivity contribution in [2.75, 3.05) is 24.2 Å². The van der Waals surface area contributed by atoms with Crippen LogP contribution in [0.1, 0.15) is 5.56 Å². The average Bonchev–Trinajstić information content (AvgIpc) is 2.45. The van der Waals surface area contributed by atoms with Gasteiger partial charge in [0.1, 0.15) is 24.4 Å². The quantitative estimate of drug-likeness (QED) is 0.366. The number of nitrogen functional groups attached to an aromatic ring is 1. The van der Waals surface area contributed by atoms with Gasteiger partial charge in [-0.25, -0.2) is 4.98 Å². The second-order valence-corrected chi connectivity index (χ2v) is 4.46. The van der Waals surface area contributed by atoms with E-state index in [0.29, 0.717) is 36.0 Å². The smallest absolute Gasteiger partial charge is 0.287 e. The Labute approximate surface area is 121 Å². The van der Waals surface area contributed by atoms with Crippen LogP contribution in [-0.2, 0) is 0 Å². The molecule has 7 nitrogen and oxygen atoms in total. The number of pyridine rings is 1. The molecule has 0 unspecified atom stereocenters. The Hall–Kier alpha value is -2.83. The van der Waals surface area contributed by atoms with Crippen LogP contribution < -0.4 is 15.8 Å². The molecule has 2 rings (SSSR count). The Morgan fingerprint density at radius 2 is 2.24 bits per heavy atom. The number of nitro groups is 1. The van der Waals surface area contributed by atoms with Gasteiger partial charge in [0.05, 0.1) is 11.5 Å². The van der Waals surface area contributed by atoms with E-state index in [0.717, 1.165) is 0 Å². The SMILES string of the molecule is Cc1cc([N+](=O)[O-])cnc1NCCOc1cccc(N)c1. The van der Waals surface area contributed by atoms with E-state index in [4.69, 9.17) is 10.5 Å². The molecule has 0 fully saturated rings. The third-order valence-electron chi connectivity index (χ3n) is 2.80. The fraction of sp³-hybridized carbons (Fsp3) is 0.214. The van der Waals surface area contributed by atoms with Crippen LogP contribution in [0.2, 0.25) is 0 Å². The number of nitrogens with zero attached hydrogens (tertiary/aromatic N) is 2. The molecule has 2 aromatic rings. The maximum atomic E-state index is 10.6. The largest absolute Gasteiger partial charge is 0.492 e. The van der Waals surface area contributed by atoms with Crippen LogP contribution in [0, 0.1) is 17.0 Å². The number of ether oxygens (including phenoxy) is 1. The van der Waals surface area contributed by atoms with Gasteiger partial charge in [0, 0.05) is 17.8 Å². The fourth-order valence-electron chi connectivity index (χ4n) is 1.79. The lowest BCUT2D eigenvalue weighted by Gasteiger charge is -2.10. The zero-order valence-corrected chi connectivity index (χ0v) is 11.6. The molecule has 0 spiro atoms. The number of nitrogens with two attached hydrogens (primary N) is 1. The number of aromatic nitrogens is 1. The molecular weight excluding hydrogens is 272 g/mol. The van der Waals surface area contributed by atoms with Gasteiger partial charge in [0.15, 0.2) is 0 Å². The highest BCUT2D eigenvalue weighted by atomic mass is 16.6. The molecule has 0 bridgehead atoms. The molecule has 0 saturated carbocycles. The summed E-state index contributed by atoms with van der Waals surface area (Å²) in [6, 6.07) is 8.66. The fourth-order valence-corrected chi connectivity index (χ4v) is 1.79. The molecule has 21 heavy (non-hydrogen) atoms. The van der Waals surface area contributed by atoms with E-state index in [1.54, 1.807) is 19.1 Å². The molecule has 0 aliphatic carbocycles. The van der Waals surface area contributed by atoms with Crippen LogP contribution in [0.4, 0.5) is 17.2 Å². The monoisotopic (exact) mass is 288 g/mol. The third-order valence-corrected chi connectivity index (χ3v) is 2.80. The molecule has 1 aromatic carbocycles. The van der Waals surface area contributed by atoms with Gasteiger partial charge in [-0.3, -0.25) is 10.1 Å². The van der Waals surface area contributed by atoms with Gasteiger partial charge in [-0.05, 0) is 24.6 Å². The van der Waals surface area contributed by atoms with Gasteiger partial charge in [-0.15, -0.1) is 0 Å². The minimum atomic E-state index is -0.466. The van der Waals surface area contributed by atoms with Crippen LogP contribution >= 0.6 is 0 Å². The van der Waals surface area contributed by atoms with E-state index in [9.17, 15) is 10.1 Å². The number of hydrogen-bond donors (Lipinski definition) is 2. The first-order valence-electron chi connectivity index (χ1n) is 6.39. The van der Waals surface area contributed by atoms with Crippen molar-refractivity contribution in [3.8, 4) is 5.75 Å². The van der Waals surface area contributed by atoms with E-state index in [1.165, 1.54) is 12.3 Å². The van der Waals surface area contributed by atoms with Crippen LogP contribution in [-0.4, -0.2) is 23.1 Å². The lowest BCUT2D eigenvalue weighted by atomic mass is 10.2. The van der Waals surface area contributed by atoms with E-state index in [1.807, 2.05) is 12.1 Å². The molecule has 0 amide bonds. The summed E-state index contributed by atoms with van der Waals surface area (Å²) >= 11 is 0. The summed E-state index contributed by atoms with van der Waals surface area (Å²) < 4.78 is 5.53. The van der Waals surface area contributed by atoms with Crippen LogP contribution in [0.25, 0.3) is 0 Å². The van der Waals surface area contributed by atoms with Crippen molar-refractivity contribution in [2.45, 2.75) is 6.92 Å². The van der Waals surface area contributed by atoms with Gasteiger partial charge < -0.3 is 15.8 Å². The summed E-state index contributed by atoms with van der Waals surface area (Å²) in [5, 5.41) is 13.7. The lowest BCUT2D eigenvalue weighted by Crippen LogP contribution is -2.13. The zero-order chi connectivity index (χ0) is 15.2. The van der Waals surface area contributed by atoms with Crippen molar-refractivity contribution in [1.82, 2.24) is 4.98 Å².